The van der Waals surface area contributed by atoms with Crippen LogP contribution in [0.4, 0.5) is 8.78 Å². The molecule has 2 aliphatic rings. The molecule has 3 N–H and O–H groups in total. The van der Waals surface area contributed by atoms with E-state index in [2.05, 4.69) is 4.90 Å². The van der Waals surface area contributed by atoms with Gasteiger partial charge in [-0.05, 0) is 60.1 Å². The first-order valence-electron chi connectivity index (χ1n) is 9.67. The van der Waals surface area contributed by atoms with Crippen LogP contribution >= 0.6 is 0 Å². The maximum Gasteiger partial charge on any atom is 0.159 e. The molecule has 1 aliphatic carbocycles. The fraction of sp³-hybridized carbons (Fsp3) is 0.455. The molecule has 1 heterocycles. The van der Waals surface area contributed by atoms with Crippen molar-refractivity contribution in [1.29, 1.82) is 0 Å². The molecular formula is C22H25F2NO3. The second-order valence-electron chi connectivity index (χ2n) is 8.40. The smallest absolute Gasteiger partial charge is 0.159 e. The number of likely N-dealkylation sites (tertiary alicyclic amines) is 1. The molecule has 4 rings (SSSR count). The summed E-state index contributed by atoms with van der Waals surface area (Å²) < 4.78 is 26.6. The predicted molar refractivity (Wildman–Crippen MR) is 101 cm³/mol. The SMILES string of the molecule is Oc1ccc(C(O)CN2CC3CC(O)(Cc4ccc(F)c(F)c4)C[C@@H]3C2)cc1. The molecular weight excluding hydrogens is 364 g/mol. The van der Waals surface area contributed by atoms with Gasteiger partial charge in [-0.1, -0.05) is 18.2 Å². The Balaban J connectivity index is 1.33. The molecule has 0 radical (unpaired) electrons. The van der Waals surface area contributed by atoms with E-state index in [1.165, 1.54) is 12.1 Å². The average Bonchev–Trinajstić information content (AvgIpc) is 3.12. The summed E-state index contributed by atoms with van der Waals surface area (Å²) in [6, 6.07) is 10.4. The first-order valence-corrected chi connectivity index (χ1v) is 9.67. The van der Waals surface area contributed by atoms with Crippen LogP contribution in [0.25, 0.3) is 0 Å². The average molecular weight is 389 g/mol. The summed E-state index contributed by atoms with van der Waals surface area (Å²) >= 11 is 0. The zero-order chi connectivity index (χ0) is 19.9. The van der Waals surface area contributed by atoms with Gasteiger partial charge in [0.1, 0.15) is 5.75 Å². The molecule has 2 aromatic carbocycles. The fourth-order valence-corrected chi connectivity index (χ4v) is 4.93. The third kappa shape index (κ3) is 4.04. The standard InChI is InChI=1S/C22H25F2NO3/c23-19-6-1-14(7-20(19)24)8-22(28)9-16-11-25(12-17(16)10-22)13-21(27)15-2-4-18(26)5-3-15/h1-7,16-17,21,26-28H,8-13H2/t16-,17?,21?,22?/m1/s1. The van der Waals surface area contributed by atoms with E-state index in [9.17, 15) is 24.1 Å². The van der Waals surface area contributed by atoms with Crippen molar-refractivity contribution in [3.8, 4) is 5.75 Å². The molecule has 0 aromatic heterocycles. The normalized spacial score (nSPS) is 28.4. The first-order chi connectivity index (χ1) is 13.3. The van der Waals surface area contributed by atoms with Gasteiger partial charge in [-0.3, -0.25) is 4.90 Å². The Labute approximate surface area is 163 Å². The molecule has 4 atom stereocenters. The molecule has 0 spiro atoms. The number of fused-ring (bicyclic) bond motifs is 1. The van der Waals surface area contributed by atoms with Crippen LogP contribution in [-0.4, -0.2) is 45.5 Å². The number of aliphatic hydroxyl groups excluding tert-OH is 1. The third-order valence-electron chi connectivity index (χ3n) is 6.16. The lowest BCUT2D eigenvalue weighted by Gasteiger charge is -2.27. The van der Waals surface area contributed by atoms with Crippen molar-refractivity contribution in [2.75, 3.05) is 19.6 Å². The summed E-state index contributed by atoms with van der Waals surface area (Å²) in [5.41, 5.74) is 0.493. The quantitative estimate of drug-likeness (QED) is 0.736. The van der Waals surface area contributed by atoms with Crippen molar-refractivity contribution in [3.05, 3.63) is 65.2 Å². The summed E-state index contributed by atoms with van der Waals surface area (Å²) in [4.78, 5) is 2.21. The molecule has 3 unspecified atom stereocenters. The Morgan fingerprint density at radius 2 is 1.64 bits per heavy atom. The van der Waals surface area contributed by atoms with E-state index in [4.69, 9.17) is 0 Å². The van der Waals surface area contributed by atoms with Gasteiger partial charge in [0.2, 0.25) is 0 Å². The van der Waals surface area contributed by atoms with E-state index in [1.807, 2.05) is 0 Å². The number of aliphatic hydroxyl groups is 2. The van der Waals surface area contributed by atoms with E-state index in [1.54, 1.807) is 24.3 Å². The molecule has 1 saturated heterocycles. The molecule has 4 nitrogen and oxygen atoms in total. The van der Waals surface area contributed by atoms with E-state index in [0.717, 1.165) is 24.7 Å². The van der Waals surface area contributed by atoms with Crippen molar-refractivity contribution in [2.45, 2.75) is 31.0 Å². The van der Waals surface area contributed by atoms with Gasteiger partial charge in [0, 0.05) is 26.1 Å². The van der Waals surface area contributed by atoms with Crippen molar-refractivity contribution in [3.63, 3.8) is 0 Å². The number of aromatic hydroxyl groups is 1. The zero-order valence-electron chi connectivity index (χ0n) is 15.6. The minimum absolute atomic E-state index is 0.173. The van der Waals surface area contributed by atoms with Gasteiger partial charge < -0.3 is 15.3 Å². The molecule has 1 saturated carbocycles. The van der Waals surface area contributed by atoms with Gasteiger partial charge >= 0.3 is 0 Å². The first kappa shape index (κ1) is 19.3. The highest BCUT2D eigenvalue weighted by molar-refractivity contribution is 5.27. The number of phenols is 1. The zero-order valence-corrected chi connectivity index (χ0v) is 15.6. The maximum atomic E-state index is 13.4. The minimum atomic E-state index is -0.888. The van der Waals surface area contributed by atoms with Gasteiger partial charge in [-0.15, -0.1) is 0 Å². The second kappa shape index (κ2) is 7.43. The van der Waals surface area contributed by atoms with E-state index in [0.29, 0.717) is 43.2 Å². The Hall–Kier alpha value is -2.02. The highest BCUT2D eigenvalue weighted by atomic mass is 19.2. The van der Waals surface area contributed by atoms with Gasteiger partial charge in [-0.25, -0.2) is 8.78 Å². The third-order valence-corrected chi connectivity index (χ3v) is 6.16. The molecule has 0 bridgehead atoms. The van der Waals surface area contributed by atoms with Gasteiger partial charge in [-0.2, -0.15) is 0 Å². The summed E-state index contributed by atoms with van der Waals surface area (Å²) in [5, 5.41) is 30.8. The van der Waals surface area contributed by atoms with Crippen molar-refractivity contribution in [1.82, 2.24) is 4.90 Å². The number of nitrogens with zero attached hydrogens (tertiary/aromatic N) is 1. The van der Waals surface area contributed by atoms with Crippen molar-refractivity contribution in [2.24, 2.45) is 11.8 Å². The number of hydrogen-bond donors (Lipinski definition) is 3. The molecule has 6 heteroatoms. The van der Waals surface area contributed by atoms with Crippen LogP contribution in [0, 0.1) is 23.5 Å². The van der Waals surface area contributed by atoms with E-state index in [-0.39, 0.29) is 5.75 Å². The van der Waals surface area contributed by atoms with E-state index < -0.39 is 23.3 Å². The summed E-state index contributed by atoms with van der Waals surface area (Å²) in [6.45, 7) is 2.12. The van der Waals surface area contributed by atoms with Crippen LogP contribution < -0.4 is 0 Å². The predicted octanol–water partition coefficient (Wildman–Crippen LogP) is 3.02. The van der Waals surface area contributed by atoms with Crippen LogP contribution in [0.5, 0.6) is 5.75 Å². The highest BCUT2D eigenvalue weighted by Crippen LogP contribution is 2.45. The van der Waals surface area contributed by atoms with Gasteiger partial charge in [0.25, 0.3) is 0 Å². The van der Waals surface area contributed by atoms with Crippen LogP contribution in [0.1, 0.15) is 30.1 Å². The minimum Gasteiger partial charge on any atom is -0.508 e. The summed E-state index contributed by atoms with van der Waals surface area (Å²) in [7, 11) is 0. The number of phenolic OH excluding ortho intramolecular Hbond substituents is 1. The second-order valence-corrected chi connectivity index (χ2v) is 8.40. The Morgan fingerprint density at radius 1 is 1.00 bits per heavy atom. The monoisotopic (exact) mass is 389 g/mol. The van der Waals surface area contributed by atoms with Crippen molar-refractivity contribution < 1.29 is 24.1 Å². The van der Waals surface area contributed by atoms with Crippen LogP contribution in [-0.2, 0) is 6.42 Å². The Morgan fingerprint density at radius 3 is 2.25 bits per heavy atom. The number of benzene rings is 2. The maximum absolute atomic E-state index is 13.4. The fourth-order valence-electron chi connectivity index (χ4n) is 4.93. The summed E-state index contributed by atoms with van der Waals surface area (Å²) in [6.07, 6.45) is 0.957. The summed E-state index contributed by atoms with van der Waals surface area (Å²) in [5.74, 6) is -0.910. The largest absolute Gasteiger partial charge is 0.508 e. The number of β-amino-alcohol motifs (C(OH)–C–C–N with tert-alkyl or cyclic N) is 1. The Kier molecular flexibility index (Phi) is 5.12. The molecule has 0 amide bonds. The number of rotatable bonds is 5. The van der Waals surface area contributed by atoms with Crippen LogP contribution in [0.15, 0.2) is 42.5 Å². The lowest BCUT2D eigenvalue weighted by atomic mass is 9.91. The van der Waals surface area contributed by atoms with E-state index >= 15 is 0 Å². The molecule has 1 aliphatic heterocycles. The van der Waals surface area contributed by atoms with Crippen molar-refractivity contribution >= 4 is 0 Å². The molecule has 150 valence electrons. The molecule has 28 heavy (non-hydrogen) atoms. The molecule has 2 fully saturated rings. The lowest BCUT2D eigenvalue weighted by molar-refractivity contribution is 0.0327. The topological polar surface area (TPSA) is 63.9 Å². The lowest BCUT2D eigenvalue weighted by Crippen LogP contribution is -2.33. The highest BCUT2D eigenvalue weighted by Gasteiger charge is 2.48. The van der Waals surface area contributed by atoms with Crippen LogP contribution in [0.2, 0.25) is 0 Å². The molecule has 2 aromatic rings. The number of hydrogen-bond acceptors (Lipinski definition) is 4. The van der Waals surface area contributed by atoms with Gasteiger partial charge in [0.15, 0.2) is 11.6 Å². The van der Waals surface area contributed by atoms with Gasteiger partial charge in [0.05, 0.1) is 11.7 Å². The van der Waals surface area contributed by atoms with Crippen LogP contribution in [0.3, 0.4) is 0 Å². The Bertz CT molecular complexity index is 828. The number of halogens is 2.